The lowest BCUT2D eigenvalue weighted by Crippen LogP contribution is -2.18. The molecule has 1 atom stereocenters. The highest BCUT2D eigenvalue weighted by Gasteiger charge is 2.17. The first kappa shape index (κ1) is 13.5. The van der Waals surface area contributed by atoms with Crippen LogP contribution in [0.25, 0.3) is 0 Å². The maximum Gasteiger partial charge on any atom is 0.0598 e. The molecule has 18 heavy (non-hydrogen) atoms. The molecule has 1 saturated carbocycles. The van der Waals surface area contributed by atoms with E-state index in [1.165, 1.54) is 37.7 Å². The first-order chi connectivity index (χ1) is 8.78. The summed E-state index contributed by atoms with van der Waals surface area (Å²) in [5.41, 5.74) is 2.29. The second-order valence-electron chi connectivity index (χ2n) is 5.61. The fraction of sp³-hybridized carbons (Fsp3) is 0.688. The van der Waals surface area contributed by atoms with Gasteiger partial charge in [0.2, 0.25) is 0 Å². The average molecular weight is 247 g/mol. The molecular weight excluding hydrogens is 222 g/mol. The Morgan fingerprint density at radius 1 is 1.28 bits per heavy atom. The molecule has 1 aliphatic carbocycles. The molecule has 1 aromatic rings. The maximum atomic E-state index is 10.1. The summed E-state index contributed by atoms with van der Waals surface area (Å²) in [5.74, 6) is 0.740. The summed E-state index contributed by atoms with van der Waals surface area (Å²) in [7, 11) is 0. The minimum atomic E-state index is -0.215. The van der Waals surface area contributed by atoms with Crippen molar-refractivity contribution in [2.24, 2.45) is 5.92 Å². The van der Waals surface area contributed by atoms with Crippen LogP contribution in [0.4, 0.5) is 0 Å². The van der Waals surface area contributed by atoms with Crippen LogP contribution >= 0.6 is 0 Å². The van der Waals surface area contributed by atoms with Gasteiger partial charge in [-0.3, -0.25) is 4.98 Å². The number of aryl methyl sites for hydroxylation is 1. The molecular formula is C16H25NO. The second kappa shape index (κ2) is 6.89. The van der Waals surface area contributed by atoms with Crippen LogP contribution in [0.3, 0.4) is 0 Å². The van der Waals surface area contributed by atoms with E-state index in [-0.39, 0.29) is 6.10 Å². The molecule has 0 radical (unpaired) electrons. The zero-order valence-electron chi connectivity index (χ0n) is 11.4. The van der Waals surface area contributed by atoms with Crippen molar-refractivity contribution in [3.8, 4) is 0 Å². The van der Waals surface area contributed by atoms with Gasteiger partial charge in [-0.1, -0.05) is 45.1 Å². The van der Waals surface area contributed by atoms with E-state index in [1.807, 2.05) is 6.20 Å². The molecule has 0 aliphatic heterocycles. The lowest BCUT2D eigenvalue weighted by molar-refractivity contribution is 0.129. The van der Waals surface area contributed by atoms with E-state index < -0.39 is 0 Å². The lowest BCUT2D eigenvalue weighted by Gasteiger charge is -2.23. The SMILES string of the molecule is CCc1ccc(CC(O)CC2CCCCC2)nc1. The van der Waals surface area contributed by atoms with Crippen LogP contribution in [0.5, 0.6) is 0 Å². The molecule has 0 bridgehead atoms. The molecule has 1 aliphatic rings. The van der Waals surface area contributed by atoms with E-state index in [0.29, 0.717) is 6.42 Å². The van der Waals surface area contributed by atoms with Crippen molar-refractivity contribution < 1.29 is 5.11 Å². The molecule has 1 unspecified atom stereocenters. The number of rotatable bonds is 5. The Morgan fingerprint density at radius 2 is 2.06 bits per heavy atom. The Hall–Kier alpha value is -0.890. The Balaban J connectivity index is 1.80. The largest absolute Gasteiger partial charge is 0.393 e. The second-order valence-corrected chi connectivity index (χ2v) is 5.61. The van der Waals surface area contributed by atoms with Gasteiger partial charge < -0.3 is 5.11 Å². The molecule has 2 heteroatoms. The van der Waals surface area contributed by atoms with Gasteiger partial charge in [-0.05, 0) is 30.4 Å². The molecule has 0 aromatic carbocycles. The summed E-state index contributed by atoms with van der Waals surface area (Å²) in [6.07, 6.45) is 11.1. The smallest absolute Gasteiger partial charge is 0.0598 e. The van der Waals surface area contributed by atoms with Crippen molar-refractivity contribution in [2.75, 3.05) is 0 Å². The zero-order valence-corrected chi connectivity index (χ0v) is 11.4. The van der Waals surface area contributed by atoms with Crippen LogP contribution in [0.2, 0.25) is 0 Å². The summed E-state index contributed by atoms with van der Waals surface area (Å²) in [4.78, 5) is 4.42. The fourth-order valence-electron chi connectivity index (χ4n) is 2.92. The van der Waals surface area contributed by atoms with Gasteiger partial charge in [0.05, 0.1) is 6.10 Å². The zero-order chi connectivity index (χ0) is 12.8. The number of hydrogen-bond acceptors (Lipinski definition) is 2. The Kier molecular flexibility index (Phi) is 5.18. The van der Waals surface area contributed by atoms with Gasteiger partial charge in [-0.15, -0.1) is 0 Å². The van der Waals surface area contributed by atoms with E-state index in [2.05, 4.69) is 24.0 Å². The minimum absolute atomic E-state index is 0.215. The van der Waals surface area contributed by atoms with Gasteiger partial charge in [-0.25, -0.2) is 0 Å². The normalized spacial score (nSPS) is 18.8. The van der Waals surface area contributed by atoms with Crippen LogP contribution in [0.1, 0.15) is 56.7 Å². The van der Waals surface area contributed by atoms with Crippen molar-refractivity contribution in [3.63, 3.8) is 0 Å². The van der Waals surface area contributed by atoms with Crippen molar-refractivity contribution in [1.82, 2.24) is 4.98 Å². The topological polar surface area (TPSA) is 33.1 Å². The molecule has 1 fully saturated rings. The number of pyridine rings is 1. The predicted octanol–water partition coefficient (Wildman–Crippen LogP) is 3.52. The quantitative estimate of drug-likeness (QED) is 0.863. The summed E-state index contributed by atoms with van der Waals surface area (Å²) in [6.45, 7) is 2.13. The van der Waals surface area contributed by atoms with Gasteiger partial charge in [0, 0.05) is 18.3 Å². The molecule has 2 rings (SSSR count). The van der Waals surface area contributed by atoms with Gasteiger partial charge in [0.15, 0.2) is 0 Å². The highest BCUT2D eigenvalue weighted by molar-refractivity contribution is 5.14. The fourth-order valence-corrected chi connectivity index (χ4v) is 2.92. The third kappa shape index (κ3) is 4.09. The van der Waals surface area contributed by atoms with E-state index >= 15 is 0 Å². The van der Waals surface area contributed by atoms with Crippen molar-refractivity contribution >= 4 is 0 Å². The number of nitrogens with zero attached hydrogens (tertiary/aromatic N) is 1. The van der Waals surface area contributed by atoms with E-state index in [4.69, 9.17) is 0 Å². The van der Waals surface area contributed by atoms with Gasteiger partial charge >= 0.3 is 0 Å². The number of hydrogen-bond donors (Lipinski definition) is 1. The van der Waals surface area contributed by atoms with Crippen molar-refractivity contribution in [3.05, 3.63) is 29.6 Å². The van der Waals surface area contributed by atoms with Crippen LogP contribution in [0.15, 0.2) is 18.3 Å². The Morgan fingerprint density at radius 3 is 2.67 bits per heavy atom. The maximum absolute atomic E-state index is 10.1. The van der Waals surface area contributed by atoms with Crippen LogP contribution < -0.4 is 0 Å². The van der Waals surface area contributed by atoms with Crippen LogP contribution in [-0.2, 0) is 12.8 Å². The Labute approximate surface area is 110 Å². The molecule has 1 heterocycles. The predicted molar refractivity (Wildman–Crippen MR) is 74.5 cm³/mol. The molecule has 0 amide bonds. The van der Waals surface area contributed by atoms with Crippen molar-refractivity contribution in [1.29, 1.82) is 0 Å². The van der Waals surface area contributed by atoms with Gasteiger partial charge in [-0.2, -0.15) is 0 Å². The molecule has 100 valence electrons. The summed E-state index contributed by atoms with van der Waals surface area (Å²) < 4.78 is 0. The first-order valence-electron chi connectivity index (χ1n) is 7.39. The molecule has 0 saturated heterocycles. The monoisotopic (exact) mass is 247 g/mol. The van der Waals surface area contributed by atoms with E-state index in [0.717, 1.165) is 24.5 Å². The molecule has 2 nitrogen and oxygen atoms in total. The van der Waals surface area contributed by atoms with Crippen molar-refractivity contribution in [2.45, 2.75) is 64.4 Å². The van der Waals surface area contributed by atoms with E-state index in [1.54, 1.807) is 0 Å². The Bertz CT molecular complexity index is 341. The summed E-state index contributed by atoms with van der Waals surface area (Å²) in [5, 5.41) is 10.1. The third-order valence-corrected chi connectivity index (χ3v) is 4.07. The highest BCUT2D eigenvalue weighted by Crippen LogP contribution is 2.27. The molecule has 1 aromatic heterocycles. The first-order valence-corrected chi connectivity index (χ1v) is 7.39. The number of aromatic nitrogens is 1. The van der Waals surface area contributed by atoms with Gasteiger partial charge in [0.25, 0.3) is 0 Å². The van der Waals surface area contributed by atoms with Crippen LogP contribution in [0, 0.1) is 5.92 Å². The summed E-state index contributed by atoms with van der Waals surface area (Å²) in [6, 6.07) is 4.18. The van der Waals surface area contributed by atoms with E-state index in [9.17, 15) is 5.11 Å². The highest BCUT2D eigenvalue weighted by atomic mass is 16.3. The van der Waals surface area contributed by atoms with Crippen LogP contribution in [-0.4, -0.2) is 16.2 Å². The lowest BCUT2D eigenvalue weighted by atomic mass is 9.85. The molecule has 1 N–H and O–H groups in total. The minimum Gasteiger partial charge on any atom is -0.393 e. The molecule has 0 spiro atoms. The summed E-state index contributed by atoms with van der Waals surface area (Å²) >= 11 is 0. The van der Waals surface area contributed by atoms with Gasteiger partial charge in [0.1, 0.15) is 0 Å². The standard InChI is InChI=1S/C16H25NO/c1-2-13-8-9-15(17-12-13)11-16(18)10-14-6-4-3-5-7-14/h8-9,12,14,16,18H,2-7,10-11H2,1H3. The number of aliphatic hydroxyl groups excluding tert-OH is 1. The average Bonchev–Trinajstić information content (AvgIpc) is 2.40. The number of aliphatic hydroxyl groups is 1. The third-order valence-electron chi connectivity index (χ3n) is 4.07.